The molecule has 2 aromatic carbocycles. The van der Waals surface area contributed by atoms with E-state index in [0.29, 0.717) is 17.3 Å². The van der Waals surface area contributed by atoms with Gasteiger partial charge in [0, 0.05) is 29.2 Å². The molecule has 32 heavy (non-hydrogen) atoms. The second-order valence-electron chi connectivity index (χ2n) is 6.58. The van der Waals surface area contributed by atoms with Crippen LogP contribution in [0.1, 0.15) is 21.7 Å². The van der Waals surface area contributed by atoms with E-state index in [-0.39, 0.29) is 11.3 Å². The fourth-order valence-corrected chi connectivity index (χ4v) is 3.65. The number of carbonyl (C=O) groups is 2. The number of thioether (sulfide) groups is 1. The van der Waals surface area contributed by atoms with Crippen molar-refractivity contribution in [3.63, 3.8) is 0 Å². The van der Waals surface area contributed by atoms with E-state index in [1.165, 1.54) is 48.5 Å². The monoisotopic (exact) mass is 452 g/mol. The van der Waals surface area contributed by atoms with Crippen molar-refractivity contribution in [3.05, 3.63) is 100.0 Å². The van der Waals surface area contributed by atoms with E-state index in [4.69, 9.17) is 4.42 Å². The first kappa shape index (κ1) is 22.8. The maximum absolute atomic E-state index is 12.7. The van der Waals surface area contributed by atoms with Crippen LogP contribution in [0.5, 0.6) is 0 Å². The number of carbonyl (C=O) groups excluding carboxylic acids is 2. The van der Waals surface area contributed by atoms with Gasteiger partial charge in [-0.25, -0.2) is 5.43 Å². The van der Waals surface area contributed by atoms with Gasteiger partial charge in [0.1, 0.15) is 11.8 Å². The van der Waals surface area contributed by atoms with E-state index in [1.807, 2.05) is 30.3 Å². The lowest BCUT2D eigenvalue weighted by molar-refractivity contribution is -0.384. The molecular formula is C22H20N4O5S. The molecule has 0 aliphatic rings. The van der Waals surface area contributed by atoms with E-state index >= 15 is 0 Å². The van der Waals surface area contributed by atoms with E-state index in [0.717, 1.165) is 5.56 Å². The van der Waals surface area contributed by atoms with Crippen LogP contribution < -0.4 is 10.7 Å². The van der Waals surface area contributed by atoms with Gasteiger partial charge in [0.25, 0.3) is 17.5 Å². The van der Waals surface area contributed by atoms with Gasteiger partial charge >= 0.3 is 0 Å². The Morgan fingerprint density at radius 1 is 1.09 bits per heavy atom. The zero-order chi connectivity index (χ0) is 22.8. The third kappa shape index (κ3) is 6.81. The van der Waals surface area contributed by atoms with Crippen molar-refractivity contribution in [3.8, 4) is 0 Å². The van der Waals surface area contributed by atoms with Gasteiger partial charge < -0.3 is 9.73 Å². The molecule has 0 fully saturated rings. The number of rotatable bonds is 10. The minimum atomic E-state index is -0.875. The van der Waals surface area contributed by atoms with Crippen molar-refractivity contribution in [1.82, 2.24) is 10.7 Å². The minimum absolute atomic E-state index is 0.124. The summed E-state index contributed by atoms with van der Waals surface area (Å²) in [5.74, 6) is 0.415. The standard InChI is InChI=1S/C22H20N4O5S/c27-21(17-8-10-18(11-9-17)26(29)30)24-20(15-32-14-16-5-2-1-3-6-16)22(28)25-23-13-19-7-4-12-31-19/h1-13,20H,14-15H2,(H,24,27)(H,25,28)/t20-/m0/s1. The molecule has 3 rings (SSSR count). The quantitative estimate of drug-likeness (QED) is 0.276. The largest absolute Gasteiger partial charge is 0.463 e. The zero-order valence-corrected chi connectivity index (χ0v) is 17.7. The topological polar surface area (TPSA) is 127 Å². The Morgan fingerprint density at radius 2 is 1.84 bits per heavy atom. The third-order valence-corrected chi connectivity index (χ3v) is 5.37. The first-order chi connectivity index (χ1) is 15.5. The highest BCUT2D eigenvalue weighted by Crippen LogP contribution is 2.15. The zero-order valence-electron chi connectivity index (χ0n) is 16.8. The van der Waals surface area contributed by atoms with Gasteiger partial charge in [0.2, 0.25) is 0 Å². The molecule has 3 aromatic rings. The second kappa shape index (κ2) is 11.5. The van der Waals surface area contributed by atoms with Crippen LogP contribution >= 0.6 is 11.8 Å². The lowest BCUT2D eigenvalue weighted by Crippen LogP contribution is -2.47. The van der Waals surface area contributed by atoms with Crippen molar-refractivity contribution in [2.45, 2.75) is 11.8 Å². The number of hydrogen-bond acceptors (Lipinski definition) is 7. The SMILES string of the molecule is O=C(N[C@@H](CSCc1ccccc1)C(=O)NN=Cc1ccco1)c1ccc([N+](=O)[O-])cc1. The Bertz CT molecular complexity index is 1070. The molecule has 0 spiro atoms. The molecule has 9 nitrogen and oxygen atoms in total. The third-order valence-electron chi connectivity index (χ3n) is 4.27. The summed E-state index contributed by atoms with van der Waals surface area (Å²) in [7, 11) is 0. The van der Waals surface area contributed by atoms with Crippen molar-refractivity contribution in [2.24, 2.45) is 5.10 Å². The molecule has 0 unspecified atom stereocenters. The van der Waals surface area contributed by atoms with Crippen LogP contribution in [-0.2, 0) is 10.5 Å². The number of hydrazone groups is 1. The molecule has 0 aliphatic heterocycles. The lowest BCUT2D eigenvalue weighted by Gasteiger charge is -2.17. The summed E-state index contributed by atoms with van der Waals surface area (Å²) >= 11 is 1.48. The lowest BCUT2D eigenvalue weighted by atomic mass is 10.2. The number of hydrogen-bond donors (Lipinski definition) is 2. The highest BCUT2D eigenvalue weighted by molar-refractivity contribution is 7.98. The molecule has 0 aliphatic carbocycles. The summed E-state index contributed by atoms with van der Waals surface area (Å²) in [6, 6.07) is 17.4. The van der Waals surface area contributed by atoms with Crippen LogP contribution in [0, 0.1) is 10.1 Å². The van der Waals surface area contributed by atoms with Crippen LogP contribution in [0.15, 0.2) is 82.5 Å². The van der Waals surface area contributed by atoms with Gasteiger partial charge in [-0.1, -0.05) is 30.3 Å². The Morgan fingerprint density at radius 3 is 2.50 bits per heavy atom. The Kier molecular flexibility index (Phi) is 8.15. The van der Waals surface area contributed by atoms with Crippen molar-refractivity contribution in [1.29, 1.82) is 0 Å². The molecule has 0 radical (unpaired) electrons. The fourth-order valence-electron chi connectivity index (χ4n) is 2.63. The normalized spacial score (nSPS) is 11.8. The van der Waals surface area contributed by atoms with Crippen LogP contribution in [0.4, 0.5) is 5.69 Å². The van der Waals surface area contributed by atoms with Crippen molar-refractivity contribution >= 4 is 35.5 Å². The Balaban J connectivity index is 1.64. The molecule has 2 amide bonds. The summed E-state index contributed by atoms with van der Waals surface area (Å²) in [5, 5.41) is 17.3. The predicted octanol–water partition coefficient (Wildman–Crippen LogP) is 3.37. The molecule has 1 heterocycles. The van der Waals surface area contributed by atoms with Crippen LogP contribution in [-0.4, -0.2) is 34.7 Å². The molecular weight excluding hydrogens is 432 g/mol. The van der Waals surface area contributed by atoms with Crippen LogP contribution in [0.3, 0.4) is 0 Å². The number of nitrogens with one attached hydrogen (secondary N) is 2. The number of nitro benzene ring substituents is 1. The van der Waals surface area contributed by atoms with Gasteiger partial charge in [-0.3, -0.25) is 19.7 Å². The Labute approximate surface area is 188 Å². The summed E-state index contributed by atoms with van der Waals surface area (Å²) in [6.45, 7) is 0. The predicted molar refractivity (Wildman–Crippen MR) is 121 cm³/mol. The second-order valence-corrected chi connectivity index (χ2v) is 7.61. The highest BCUT2D eigenvalue weighted by Gasteiger charge is 2.22. The fraction of sp³-hybridized carbons (Fsp3) is 0.136. The van der Waals surface area contributed by atoms with Gasteiger partial charge in [0.05, 0.1) is 17.4 Å². The summed E-state index contributed by atoms with van der Waals surface area (Å²) in [4.78, 5) is 35.5. The Hall–Kier alpha value is -3.92. The summed E-state index contributed by atoms with van der Waals surface area (Å²) in [5.41, 5.74) is 3.58. The highest BCUT2D eigenvalue weighted by atomic mass is 32.2. The van der Waals surface area contributed by atoms with Crippen LogP contribution in [0.2, 0.25) is 0 Å². The average molecular weight is 452 g/mol. The van der Waals surface area contributed by atoms with E-state index < -0.39 is 22.8 Å². The minimum Gasteiger partial charge on any atom is -0.463 e. The van der Waals surface area contributed by atoms with E-state index in [9.17, 15) is 19.7 Å². The number of nitro groups is 1. The van der Waals surface area contributed by atoms with Gasteiger partial charge in [-0.05, 0) is 29.8 Å². The molecule has 2 N–H and O–H groups in total. The van der Waals surface area contributed by atoms with Crippen molar-refractivity contribution < 1.29 is 18.9 Å². The van der Waals surface area contributed by atoms with E-state index in [2.05, 4.69) is 15.8 Å². The molecule has 10 heteroatoms. The number of furan rings is 1. The van der Waals surface area contributed by atoms with Gasteiger partial charge in [-0.2, -0.15) is 16.9 Å². The number of nitrogens with zero attached hydrogens (tertiary/aromatic N) is 2. The van der Waals surface area contributed by atoms with Crippen LogP contribution in [0.25, 0.3) is 0 Å². The molecule has 164 valence electrons. The van der Waals surface area contributed by atoms with Gasteiger partial charge in [-0.15, -0.1) is 0 Å². The van der Waals surface area contributed by atoms with Gasteiger partial charge in [0.15, 0.2) is 0 Å². The van der Waals surface area contributed by atoms with E-state index in [1.54, 1.807) is 12.1 Å². The summed E-state index contributed by atoms with van der Waals surface area (Å²) < 4.78 is 5.12. The maximum Gasteiger partial charge on any atom is 0.269 e. The first-order valence-electron chi connectivity index (χ1n) is 9.56. The first-order valence-corrected chi connectivity index (χ1v) is 10.7. The number of non-ortho nitro benzene ring substituents is 1. The molecule has 0 saturated heterocycles. The number of benzene rings is 2. The summed E-state index contributed by atoms with van der Waals surface area (Å²) in [6.07, 6.45) is 2.83. The number of amides is 2. The maximum atomic E-state index is 12.7. The molecule has 0 saturated carbocycles. The molecule has 1 aromatic heterocycles. The van der Waals surface area contributed by atoms with Crippen molar-refractivity contribution in [2.75, 3.05) is 5.75 Å². The smallest absolute Gasteiger partial charge is 0.269 e. The molecule has 0 bridgehead atoms. The molecule has 1 atom stereocenters. The average Bonchev–Trinajstić information content (AvgIpc) is 3.32.